The van der Waals surface area contributed by atoms with E-state index in [9.17, 15) is 0 Å². The van der Waals surface area contributed by atoms with E-state index in [0.29, 0.717) is 10.4 Å². The highest BCUT2D eigenvalue weighted by Crippen LogP contribution is 2.35. The lowest BCUT2D eigenvalue weighted by Crippen LogP contribution is -2.36. The lowest BCUT2D eigenvalue weighted by atomic mass is 9.75. The molecule has 1 atom stereocenters. The van der Waals surface area contributed by atoms with E-state index in [1.807, 2.05) is 12.1 Å². The predicted octanol–water partition coefficient (Wildman–Crippen LogP) is 6.12. The van der Waals surface area contributed by atoms with Gasteiger partial charge in [0.2, 0.25) is 0 Å². The third kappa shape index (κ3) is 6.18. The number of halogens is 2. The second-order valence-corrected chi connectivity index (χ2v) is 6.89. The van der Waals surface area contributed by atoms with Gasteiger partial charge in [0.05, 0.1) is 0 Å². The first-order valence-corrected chi connectivity index (χ1v) is 8.97. The van der Waals surface area contributed by atoms with Crippen molar-refractivity contribution >= 4 is 23.2 Å². The van der Waals surface area contributed by atoms with Crippen molar-refractivity contribution < 1.29 is 0 Å². The third-order valence-electron chi connectivity index (χ3n) is 4.32. The van der Waals surface area contributed by atoms with Crippen molar-refractivity contribution in [3.8, 4) is 0 Å². The summed E-state index contributed by atoms with van der Waals surface area (Å²) in [6, 6.07) is 5.89. The Bertz CT molecular complexity index is 420. The molecule has 0 heterocycles. The van der Waals surface area contributed by atoms with Gasteiger partial charge < -0.3 is 5.32 Å². The first-order chi connectivity index (χ1) is 10.1. The van der Waals surface area contributed by atoms with E-state index in [4.69, 9.17) is 23.2 Å². The van der Waals surface area contributed by atoms with E-state index in [2.05, 4.69) is 32.2 Å². The number of hydrogen-bond acceptors (Lipinski definition) is 1. The fourth-order valence-electron chi connectivity index (χ4n) is 2.82. The van der Waals surface area contributed by atoms with Crippen LogP contribution in [0.15, 0.2) is 18.2 Å². The summed E-state index contributed by atoms with van der Waals surface area (Å²) >= 11 is 12.4. The molecule has 0 aliphatic heterocycles. The Kier molecular flexibility index (Phi) is 8.70. The second kappa shape index (κ2) is 9.71. The van der Waals surface area contributed by atoms with Crippen LogP contribution in [0.25, 0.3) is 0 Å². The molecule has 0 aliphatic carbocycles. The molecule has 1 nitrogen and oxygen atoms in total. The summed E-state index contributed by atoms with van der Waals surface area (Å²) in [4.78, 5) is 0. The van der Waals surface area contributed by atoms with E-state index < -0.39 is 0 Å². The first-order valence-electron chi connectivity index (χ1n) is 8.21. The van der Waals surface area contributed by atoms with Gasteiger partial charge in [0.25, 0.3) is 0 Å². The van der Waals surface area contributed by atoms with Gasteiger partial charge in [0.1, 0.15) is 0 Å². The lowest BCUT2D eigenvalue weighted by Gasteiger charge is -2.34. The Hall–Kier alpha value is -0.240. The lowest BCUT2D eigenvalue weighted by molar-refractivity contribution is 0.229. The molecule has 3 heteroatoms. The molecule has 1 aromatic carbocycles. The molecule has 0 aromatic heterocycles. The summed E-state index contributed by atoms with van der Waals surface area (Å²) in [6.07, 6.45) is 7.13. The molecule has 120 valence electrons. The Morgan fingerprint density at radius 2 is 1.86 bits per heavy atom. The van der Waals surface area contributed by atoms with Crippen LogP contribution in [0.4, 0.5) is 0 Å². The minimum atomic E-state index is 0.294. The molecular formula is C18H29Cl2N. The molecule has 1 rings (SSSR count). The van der Waals surface area contributed by atoms with E-state index in [-0.39, 0.29) is 0 Å². The van der Waals surface area contributed by atoms with E-state index in [0.717, 1.165) is 24.5 Å². The summed E-state index contributed by atoms with van der Waals surface area (Å²) in [5, 5.41) is 5.13. The standard InChI is InChI=1S/C18H29Cl2N/c1-4-7-10-18(6-3,14-21-11-5-2)13-15-8-9-16(19)12-17(15)20/h8-9,12,21H,4-7,10-11,13-14H2,1-3H3. The Balaban J connectivity index is 2.87. The molecule has 1 aromatic rings. The van der Waals surface area contributed by atoms with Crippen LogP contribution in [-0.4, -0.2) is 13.1 Å². The molecule has 0 amide bonds. The van der Waals surface area contributed by atoms with Crippen LogP contribution in [0.3, 0.4) is 0 Å². The van der Waals surface area contributed by atoms with Crippen LogP contribution in [0.2, 0.25) is 10.0 Å². The molecule has 1 N–H and O–H groups in total. The van der Waals surface area contributed by atoms with Gasteiger partial charge in [-0.1, -0.05) is 62.9 Å². The topological polar surface area (TPSA) is 12.0 Å². The summed E-state index contributed by atoms with van der Waals surface area (Å²) in [7, 11) is 0. The fourth-order valence-corrected chi connectivity index (χ4v) is 3.29. The maximum absolute atomic E-state index is 6.38. The van der Waals surface area contributed by atoms with Crippen LogP contribution in [0.1, 0.15) is 58.4 Å². The molecule has 0 bridgehead atoms. The van der Waals surface area contributed by atoms with E-state index in [1.165, 1.54) is 37.7 Å². The van der Waals surface area contributed by atoms with Crippen LogP contribution >= 0.6 is 23.2 Å². The Morgan fingerprint density at radius 3 is 2.43 bits per heavy atom. The molecule has 0 fully saturated rings. The molecule has 0 aliphatic rings. The largest absolute Gasteiger partial charge is 0.316 e. The van der Waals surface area contributed by atoms with E-state index >= 15 is 0 Å². The van der Waals surface area contributed by atoms with Gasteiger partial charge in [-0.15, -0.1) is 0 Å². The van der Waals surface area contributed by atoms with Gasteiger partial charge in [0, 0.05) is 16.6 Å². The Morgan fingerprint density at radius 1 is 1.10 bits per heavy atom. The molecule has 21 heavy (non-hydrogen) atoms. The van der Waals surface area contributed by atoms with Gasteiger partial charge >= 0.3 is 0 Å². The van der Waals surface area contributed by atoms with Gasteiger partial charge in [-0.25, -0.2) is 0 Å². The summed E-state index contributed by atoms with van der Waals surface area (Å²) in [5.41, 5.74) is 1.51. The summed E-state index contributed by atoms with van der Waals surface area (Å²) in [5.74, 6) is 0. The molecular weight excluding hydrogens is 301 g/mol. The molecule has 0 radical (unpaired) electrons. The fraction of sp³-hybridized carbons (Fsp3) is 0.667. The molecule has 0 saturated carbocycles. The van der Waals surface area contributed by atoms with Gasteiger partial charge in [-0.05, 0) is 55.3 Å². The number of rotatable bonds is 10. The highest BCUT2D eigenvalue weighted by molar-refractivity contribution is 6.35. The monoisotopic (exact) mass is 329 g/mol. The molecule has 0 spiro atoms. The molecule has 1 unspecified atom stereocenters. The SMILES string of the molecule is CCCCC(CC)(CNCCC)Cc1ccc(Cl)cc1Cl. The minimum Gasteiger partial charge on any atom is -0.316 e. The smallest absolute Gasteiger partial charge is 0.0453 e. The number of nitrogens with one attached hydrogen (secondary N) is 1. The van der Waals surface area contributed by atoms with E-state index in [1.54, 1.807) is 0 Å². The molecule has 0 saturated heterocycles. The summed E-state index contributed by atoms with van der Waals surface area (Å²) in [6.45, 7) is 8.92. The van der Waals surface area contributed by atoms with Crippen molar-refractivity contribution in [2.75, 3.05) is 13.1 Å². The highest BCUT2D eigenvalue weighted by Gasteiger charge is 2.28. The minimum absolute atomic E-state index is 0.294. The van der Waals surface area contributed by atoms with Crippen LogP contribution < -0.4 is 5.32 Å². The van der Waals surface area contributed by atoms with Crippen molar-refractivity contribution in [3.05, 3.63) is 33.8 Å². The van der Waals surface area contributed by atoms with Gasteiger partial charge in [-0.2, -0.15) is 0 Å². The normalized spacial score (nSPS) is 14.1. The van der Waals surface area contributed by atoms with Crippen LogP contribution in [-0.2, 0) is 6.42 Å². The second-order valence-electron chi connectivity index (χ2n) is 6.05. The number of benzene rings is 1. The Labute approximate surface area is 140 Å². The number of hydrogen-bond donors (Lipinski definition) is 1. The number of unbranched alkanes of at least 4 members (excludes halogenated alkanes) is 1. The van der Waals surface area contributed by atoms with Crippen LogP contribution in [0, 0.1) is 5.41 Å². The zero-order valence-electron chi connectivity index (χ0n) is 13.6. The maximum atomic E-state index is 6.38. The zero-order valence-corrected chi connectivity index (χ0v) is 15.2. The van der Waals surface area contributed by atoms with Crippen molar-refractivity contribution in [1.29, 1.82) is 0 Å². The predicted molar refractivity (Wildman–Crippen MR) is 95.6 cm³/mol. The van der Waals surface area contributed by atoms with Crippen LogP contribution in [0.5, 0.6) is 0 Å². The summed E-state index contributed by atoms with van der Waals surface area (Å²) < 4.78 is 0. The first kappa shape index (κ1) is 18.8. The highest BCUT2D eigenvalue weighted by atomic mass is 35.5. The zero-order chi connectivity index (χ0) is 15.7. The van der Waals surface area contributed by atoms with Gasteiger partial charge in [-0.3, -0.25) is 0 Å². The van der Waals surface area contributed by atoms with Crippen molar-refractivity contribution in [3.63, 3.8) is 0 Å². The maximum Gasteiger partial charge on any atom is 0.0453 e. The quantitative estimate of drug-likeness (QED) is 0.509. The van der Waals surface area contributed by atoms with Gasteiger partial charge in [0.15, 0.2) is 0 Å². The van der Waals surface area contributed by atoms with Crippen molar-refractivity contribution in [2.24, 2.45) is 5.41 Å². The van der Waals surface area contributed by atoms with Crippen molar-refractivity contribution in [1.82, 2.24) is 5.32 Å². The third-order valence-corrected chi connectivity index (χ3v) is 4.90. The average Bonchev–Trinajstić information content (AvgIpc) is 2.47. The average molecular weight is 330 g/mol. The van der Waals surface area contributed by atoms with Crippen molar-refractivity contribution in [2.45, 2.75) is 59.3 Å².